The average molecular weight is 389 g/mol. The molecule has 158 valence electrons. The molecule has 0 bridgehead atoms. The third-order valence-corrected chi connectivity index (χ3v) is 4.24. The topological polar surface area (TPSA) is 9.23 Å². The molecule has 2 heteroatoms. The maximum Gasteiger partial charge on any atom is 0.123 e. The number of unbranched alkanes of at least 4 members (excludes halogenated alkanes) is 5. The lowest BCUT2D eigenvalue weighted by Gasteiger charge is -2.05. The molecular weight excluding hydrogens is 347 g/mol. The number of ether oxygens (including phenoxy) is 1. The summed E-state index contributed by atoms with van der Waals surface area (Å²) in [5, 5.41) is 0. The summed E-state index contributed by atoms with van der Waals surface area (Å²) in [5.74, 6) is 0.855. The number of benzene rings is 2. The zero-order chi connectivity index (χ0) is 21.0. The van der Waals surface area contributed by atoms with Crippen molar-refractivity contribution >= 4 is 0 Å². The van der Waals surface area contributed by atoms with Gasteiger partial charge in [-0.05, 0) is 61.6 Å². The van der Waals surface area contributed by atoms with E-state index in [0.29, 0.717) is 0 Å². The van der Waals surface area contributed by atoms with Crippen LogP contribution in [-0.2, 0) is 6.42 Å². The van der Waals surface area contributed by atoms with E-state index >= 15 is 0 Å². The molecular formula is C26H41FO. The van der Waals surface area contributed by atoms with E-state index < -0.39 is 0 Å². The first-order valence-corrected chi connectivity index (χ1v) is 11.1. The third kappa shape index (κ3) is 14.3. The van der Waals surface area contributed by atoms with Gasteiger partial charge in [-0.15, -0.1) is 0 Å². The molecule has 0 amide bonds. The van der Waals surface area contributed by atoms with Crippen molar-refractivity contribution in [1.29, 1.82) is 0 Å². The summed E-state index contributed by atoms with van der Waals surface area (Å²) in [6, 6.07) is 15.0. The van der Waals surface area contributed by atoms with Gasteiger partial charge in [-0.2, -0.15) is 0 Å². The zero-order valence-corrected chi connectivity index (χ0v) is 18.8. The molecule has 0 saturated heterocycles. The van der Waals surface area contributed by atoms with Crippen LogP contribution in [0.15, 0.2) is 48.5 Å². The Morgan fingerprint density at radius 1 is 0.786 bits per heavy atom. The molecule has 0 aliphatic rings. The zero-order valence-electron chi connectivity index (χ0n) is 18.8. The first kappa shape index (κ1) is 26.2. The lowest BCUT2D eigenvalue weighted by atomic mass is 10.1. The Morgan fingerprint density at radius 2 is 1.43 bits per heavy atom. The first-order chi connectivity index (χ1) is 13.7. The Balaban J connectivity index is 0.000000478. The lowest BCUT2D eigenvalue weighted by molar-refractivity contribution is 0.306. The molecule has 2 aromatic carbocycles. The highest BCUT2D eigenvalue weighted by molar-refractivity contribution is 5.27. The number of halogens is 1. The summed E-state index contributed by atoms with van der Waals surface area (Å²) in [7, 11) is 0. The van der Waals surface area contributed by atoms with Gasteiger partial charge in [-0.3, -0.25) is 0 Å². The van der Waals surface area contributed by atoms with Gasteiger partial charge in [0.25, 0.3) is 0 Å². The molecule has 0 N–H and O–H groups in total. The molecule has 0 heterocycles. The van der Waals surface area contributed by atoms with E-state index in [4.69, 9.17) is 4.74 Å². The minimum atomic E-state index is -0.141. The molecule has 0 aliphatic heterocycles. The summed E-state index contributed by atoms with van der Waals surface area (Å²) in [5.41, 5.74) is 2.51. The van der Waals surface area contributed by atoms with Gasteiger partial charge >= 0.3 is 0 Å². The molecule has 0 saturated carbocycles. The van der Waals surface area contributed by atoms with Gasteiger partial charge in [0.1, 0.15) is 11.6 Å². The molecule has 2 aromatic rings. The quantitative estimate of drug-likeness (QED) is 0.370. The van der Waals surface area contributed by atoms with Crippen LogP contribution in [0.2, 0.25) is 0 Å². The molecule has 0 unspecified atom stereocenters. The fraction of sp³-hybridized carbons (Fsp3) is 0.538. The summed E-state index contributed by atoms with van der Waals surface area (Å²) < 4.78 is 18.1. The predicted octanol–water partition coefficient (Wildman–Crippen LogP) is 8.54. The van der Waals surface area contributed by atoms with Gasteiger partial charge < -0.3 is 4.74 Å². The summed E-state index contributed by atoms with van der Waals surface area (Å²) in [6.07, 6.45) is 9.83. The van der Waals surface area contributed by atoms with Gasteiger partial charge in [0.15, 0.2) is 0 Å². The van der Waals surface area contributed by atoms with Gasteiger partial charge in [0.2, 0.25) is 0 Å². The predicted molar refractivity (Wildman–Crippen MR) is 122 cm³/mol. The van der Waals surface area contributed by atoms with Crippen LogP contribution in [-0.4, -0.2) is 6.61 Å². The van der Waals surface area contributed by atoms with Crippen molar-refractivity contribution in [2.45, 2.75) is 86.0 Å². The third-order valence-electron chi connectivity index (χ3n) is 4.24. The van der Waals surface area contributed by atoms with E-state index in [-0.39, 0.29) is 5.82 Å². The van der Waals surface area contributed by atoms with Crippen LogP contribution >= 0.6 is 0 Å². The molecule has 0 fully saturated rings. The number of hydrogen-bond donors (Lipinski definition) is 0. The van der Waals surface area contributed by atoms with Crippen LogP contribution in [0.25, 0.3) is 0 Å². The Morgan fingerprint density at radius 3 is 2.04 bits per heavy atom. The van der Waals surface area contributed by atoms with E-state index in [1.165, 1.54) is 61.8 Å². The molecule has 1 nitrogen and oxygen atoms in total. The minimum absolute atomic E-state index is 0.141. The summed E-state index contributed by atoms with van der Waals surface area (Å²) >= 11 is 0. The van der Waals surface area contributed by atoms with E-state index in [9.17, 15) is 4.39 Å². The Kier molecular flexibility index (Phi) is 17.3. The van der Waals surface area contributed by atoms with Crippen LogP contribution < -0.4 is 4.74 Å². The maximum atomic E-state index is 12.5. The lowest BCUT2D eigenvalue weighted by Crippen LogP contribution is -1.96. The van der Waals surface area contributed by atoms with E-state index in [1.54, 1.807) is 0 Å². The number of rotatable bonds is 10. The Labute approximate surface area is 173 Å². The van der Waals surface area contributed by atoms with Gasteiger partial charge in [-0.1, -0.05) is 84.1 Å². The van der Waals surface area contributed by atoms with Crippen molar-refractivity contribution in [3.05, 3.63) is 65.5 Å². The first-order valence-electron chi connectivity index (χ1n) is 11.1. The highest BCUT2D eigenvalue weighted by Gasteiger charge is 1.94. The molecule has 0 spiro atoms. The average Bonchev–Trinajstić information content (AvgIpc) is 2.72. The highest BCUT2D eigenvalue weighted by Crippen LogP contribution is 2.12. The molecule has 2 rings (SSSR count). The smallest absolute Gasteiger partial charge is 0.123 e. The fourth-order valence-corrected chi connectivity index (χ4v) is 2.65. The monoisotopic (exact) mass is 388 g/mol. The molecule has 0 radical (unpaired) electrons. The molecule has 0 aliphatic carbocycles. The second-order valence-electron chi connectivity index (χ2n) is 6.81. The van der Waals surface area contributed by atoms with Crippen LogP contribution in [0.1, 0.15) is 83.8 Å². The Bertz CT molecular complexity index is 577. The van der Waals surface area contributed by atoms with Crippen molar-refractivity contribution in [3.63, 3.8) is 0 Å². The number of hydrogen-bond acceptors (Lipinski definition) is 1. The second-order valence-corrected chi connectivity index (χ2v) is 6.81. The summed E-state index contributed by atoms with van der Waals surface area (Å²) in [6.45, 7) is 11.3. The molecule has 0 aromatic heterocycles. The standard InChI is InChI=1S/C12H17F.C12H18O.C2H6/c1-2-3-4-5-6-11-7-9-12(13)10-8-11;1-3-4-5-9-13-12-8-6-7-11(2)10-12;1-2/h7-10H,2-6H2,1H3;6-8,10H,3-5,9H2,1-2H3;1-2H3. The van der Waals surface area contributed by atoms with E-state index in [0.717, 1.165) is 25.2 Å². The molecule has 0 atom stereocenters. The van der Waals surface area contributed by atoms with Crippen LogP contribution in [0.5, 0.6) is 5.75 Å². The van der Waals surface area contributed by atoms with Crippen LogP contribution in [0.4, 0.5) is 4.39 Å². The van der Waals surface area contributed by atoms with Crippen molar-refractivity contribution in [1.82, 2.24) is 0 Å². The van der Waals surface area contributed by atoms with Crippen molar-refractivity contribution < 1.29 is 9.13 Å². The fourth-order valence-electron chi connectivity index (χ4n) is 2.65. The SMILES string of the molecule is CC.CCCCCCc1ccc(F)cc1.CCCCCOc1cccc(C)c1. The summed E-state index contributed by atoms with van der Waals surface area (Å²) in [4.78, 5) is 0. The highest BCUT2D eigenvalue weighted by atomic mass is 19.1. The van der Waals surface area contributed by atoms with Crippen molar-refractivity contribution in [3.8, 4) is 5.75 Å². The molecule has 28 heavy (non-hydrogen) atoms. The maximum absolute atomic E-state index is 12.5. The second kappa shape index (κ2) is 18.5. The largest absolute Gasteiger partial charge is 0.494 e. The van der Waals surface area contributed by atoms with Gasteiger partial charge in [-0.25, -0.2) is 4.39 Å². The van der Waals surface area contributed by atoms with E-state index in [1.807, 2.05) is 38.1 Å². The van der Waals surface area contributed by atoms with Gasteiger partial charge in [0, 0.05) is 0 Å². The van der Waals surface area contributed by atoms with Crippen LogP contribution in [0.3, 0.4) is 0 Å². The normalized spacial score (nSPS) is 9.64. The van der Waals surface area contributed by atoms with Gasteiger partial charge in [0.05, 0.1) is 6.61 Å². The van der Waals surface area contributed by atoms with Crippen molar-refractivity contribution in [2.24, 2.45) is 0 Å². The Hall–Kier alpha value is -1.83. The minimum Gasteiger partial charge on any atom is -0.494 e. The van der Waals surface area contributed by atoms with Crippen LogP contribution in [0, 0.1) is 12.7 Å². The van der Waals surface area contributed by atoms with Crippen molar-refractivity contribution in [2.75, 3.05) is 6.61 Å². The number of aryl methyl sites for hydroxylation is 2. The van der Waals surface area contributed by atoms with E-state index in [2.05, 4.69) is 32.9 Å².